The topological polar surface area (TPSA) is 9.23 Å². The highest BCUT2D eigenvalue weighted by Gasteiger charge is 2.28. The van der Waals surface area contributed by atoms with E-state index in [0.717, 1.165) is 24.7 Å². The molecule has 0 aliphatic heterocycles. The second kappa shape index (κ2) is 9.35. The molecule has 25 heavy (non-hydrogen) atoms. The van der Waals surface area contributed by atoms with Crippen molar-refractivity contribution < 1.29 is 13.5 Å². The quantitative estimate of drug-likeness (QED) is 0.505. The van der Waals surface area contributed by atoms with Crippen LogP contribution in [0.1, 0.15) is 62.8 Å². The molecule has 0 heterocycles. The Kier molecular flexibility index (Phi) is 6.89. The molecule has 0 bridgehead atoms. The molecule has 0 N–H and O–H groups in total. The molecule has 2 aliphatic carbocycles. The summed E-state index contributed by atoms with van der Waals surface area (Å²) >= 11 is 0. The van der Waals surface area contributed by atoms with Crippen molar-refractivity contribution in [1.29, 1.82) is 0 Å². The predicted octanol–water partition coefficient (Wildman–Crippen LogP) is 6.60. The van der Waals surface area contributed by atoms with Gasteiger partial charge in [0.2, 0.25) is 6.86 Å². The first-order valence-electron chi connectivity index (χ1n) is 9.83. The summed E-state index contributed by atoms with van der Waals surface area (Å²) in [5.74, 6) is 3.36. The minimum atomic E-state index is -0.777. The molecule has 0 saturated heterocycles. The first-order chi connectivity index (χ1) is 12.3. The van der Waals surface area contributed by atoms with Crippen LogP contribution >= 0.6 is 0 Å². The number of hydrogen-bond donors (Lipinski definition) is 0. The minimum absolute atomic E-state index is 0.159. The van der Waals surface area contributed by atoms with Crippen LogP contribution < -0.4 is 4.74 Å². The van der Waals surface area contributed by atoms with Crippen molar-refractivity contribution in [2.75, 3.05) is 13.5 Å². The maximum absolute atomic E-state index is 12.3. The molecule has 3 heteroatoms. The molecule has 1 nitrogen and oxygen atoms in total. The number of rotatable bonds is 7. The summed E-state index contributed by atoms with van der Waals surface area (Å²) in [5, 5.41) is 0. The van der Waals surface area contributed by atoms with E-state index in [2.05, 4.69) is 24.3 Å². The van der Waals surface area contributed by atoms with Crippen LogP contribution in [-0.2, 0) is 0 Å². The lowest BCUT2D eigenvalue weighted by molar-refractivity contribution is 0.191. The van der Waals surface area contributed by atoms with E-state index >= 15 is 0 Å². The smallest absolute Gasteiger partial charge is 0.228 e. The van der Waals surface area contributed by atoms with Crippen LogP contribution in [0.3, 0.4) is 0 Å². The van der Waals surface area contributed by atoms with E-state index in [4.69, 9.17) is 4.74 Å². The molecule has 3 rings (SSSR count). The molecule has 1 saturated carbocycles. The van der Waals surface area contributed by atoms with E-state index < -0.39 is 6.86 Å². The van der Waals surface area contributed by atoms with Gasteiger partial charge in [0, 0.05) is 5.92 Å². The molecule has 1 aromatic carbocycles. The lowest BCUT2D eigenvalue weighted by Gasteiger charge is -2.35. The molecule has 1 fully saturated rings. The highest BCUT2D eigenvalue weighted by Crippen LogP contribution is 2.41. The molecule has 0 radical (unpaired) electrons. The predicted molar refractivity (Wildman–Crippen MR) is 98.3 cm³/mol. The number of allylic oxidation sites excluding steroid dienone is 2. The van der Waals surface area contributed by atoms with Crippen LogP contribution in [0.15, 0.2) is 36.4 Å². The van der Waals surface area contributed by atoms with E-state index in [-0.39, 0.29) is 6.67 Å². The zero-order valence-corrected chi connectivity index (χ0v) is 15.0. The number of alkyl halides is 2. The summed E-state index contributed by atoms with van der Waals surface area (Å²) < 4.78 is 29.4. The van der Waals surface area contributed by atoms with Crippen LogP contribution in [0, 0.1) is 17.8 Å². The highest BCUT2D eigenvalue weighted by molar-refractivity contribution is 5.32. The monoisotopic (exact) mass is 348 g/mol. The van der Waals surface area contributed by atoms with Gasteiger partial charge in [-0.25, -0.2) is 4.39 Å². The van der Waals surface area contributed by atoms with Gasteiger partial charge in [-0.05, 0) is 74.0 Å². The maximum atomic E-state index is 12.3. The summed E-state index contributed by atoms with van der Waals surface area (Å²) in [5.41, 5.74) is 1.29. The van der Waals surface area contributed by atoms with Gasteiger partial charge in [0.15, 0.2) is 0 Å². The average Bonchev–Trinajstić information content (AvgIpc) is 2.68. The molecule has 2 unspecified atom stereocenters. The number of benzene rings is 1. The Morgan fingerprint density at radius 3 is 2.24 bits per heavy atom. The van der Waals surface area contributed by atoms with Gasteiger partial charge < -0.3 is 4.74 Å². The van der Waals surface area contributed by atoms with Crippen molar-refractivity contribution in [3.05, 3.63) is 42.0 Å². The Hall–Kier alpha value is -1.38. The summed E-state index contributed by atoms with van der Waals surface area (Å²) in [6.07, 6.45) is 14.3. The summed E-state index contributed by atoms with van der Waals surface area (Å²) in [6.45, 7) is -0.937. The number of halogens is 2. The third-order valence-corrected chi connectivity index (χ3v) is 6.17. The zero-order chi connectivity index (χ0) is 17.5. The first kappa shape index (κ1) is 18.4. The van der Waals surface area contributed by atoms with Crippen LogP contribution in [0.4, 0.5) is 8.78 Å². The van der Waals surface area contributed by atoms with Gasteiger partial charge in [0.1, 0.15) is 5.75 Å². The van der Waals surface area contributed by atoms with E-state index in [0.29, 0.717) is 17.6 Å². The first-order valence-corrected chi connectivity index (χ1v) is 9.83. The zero-order valence-electron chi connectivity index (χ0n) is 15.0. The van der Waals surface area contributed by atoms with E-state index in [9.17, 15) is 8.78 Å². The van der Waals surface area contributed by atoms with Crippen molar-refractivity contribution in [1.82, 2.24) is 0 Å². The fourth-order valence-corrected chi connectivity index (χ4v) is 4.66. The Morgan fingerprint density at radius 2 is 1.64 bits per heavy atom. The third-order valence-electron chi connectivity index (χ3n) is 6.17. The summed E-state index contributed by atoms with van der Waals surface area (Å²) in [4.78, 5) is 0. The van der Waals surface area contributed by atoms with Crippen LogP contribution in [0.2, 0.25) is 0 Å². The number of ether oxygens (including phenoxy) is 1. The molecule has 0 aromatic heterocycles. The molecule has 0 amide bonds. The van der Waals surface area contributed by atoms with E-state index in [1.54, 1.807) is 0 Å². The SMILES string of the molecule is FCCCC1CCC(C2C=CC(c3ccc(OCF)cc3)CC2)CC1. The highest BCUT2D eigenvalue weighted by atomic mass is 19.1. The van der Waals surface area contributed by atoms with Crippen LogP contribution in [0.5, 0.6) is 5.75 Å². The minimum Gasteiger partial charge on any atom is -0.463 e. The molecule has 1 aromatic rings. The lowest BCUT2D eigenvalue weighted by Crippen LogP contribution is -2.23. The fourth-order valence-electron chi connectivity index (χ4n) is 4.66. The molecule has 0 spiro atoms. The normalized spacial score (nSPS) is 29.5. The Bertz CT molecular complexity index is 531. The molecular weight excluding hydrogens is 318 g/mol. The number of hydrogen-bond acceptors (Lipinski definition) is 1. The second-order valence-corrected chi connectivity index (χ2v) is 7.67. The summed E-state index contributed by atoms with van der Waals surface area (Å²) in [7, 11) is 0. The van der Waals surface area contributed by atoms with Gasteiger partial charge in [-0.3, -0.25) is 4.39 Å². The third kappa shape index (κ3) is 5.05. The Morgan fingerprint density at radius 1 is 0.880 bits per heavy atom. The van der Waals surface area contributed by atoms with Gasteiger partial charge in [0.25, 0.3) is 0 Å². The van der Waals surface area contributed by atoms with Gasteiger partial charge in [-0.2, -0.15) is 0 Å². The van der Waals surface area contributed by atoms with Gasteiger partial charge in [-0.1, -0.05) is 37.1 Å². The largest absolute Gasteiger partial charge is 0.463 e. The van der Waals surface area contributed by atoms with Crippen molar-refractivity contribution in [2.24, 2.45) is 17.8 Å². The van der Waals surface area contributed by atoms with E-state index in [1.165, 1.54) is 44.1 Å². The Labute approximate surface area is 150 Å². The fraction of sp³-hybridized carbons (Fsp3) is 0.636. The molecular formula is C22H30F2O. The van der Waals surface area contributed by atoms with Crippen molar-refractivity contribution in [2.45, 2.75) is 57.3 Å². The van der Waals surface area contributed by atoms with Gasteiger partial charge in [-0.15, -0.1) is 0 Å². The molecule has 138 valence electrons. The molecule has 2 atom stereocenters. The average molecular weight is 348 g/mol. The maximum Gasteiger partial charge on any atom is 0.228 e. The Balaban J connectivity index is 1.49. The van der Waals surface area contributed by atoms with Gasteiger partial charge in [0.05, 0.1) is 6.67 Å². The second-order valence-electron chi connectivity index (χ2n) is 7.67. The standard InChI is InChI=1S/C22H30F2O/c23-15-1-2-17-3-5-18(6-4-17)19-7-9-20(10-8-19)21-11-13-22(14-12-21)25-16-24/h7,9,11-14,17-20H,1-6,8,10,15-16H2. The van der Waals surface area contributed by atoms with E-state index in [1.807, 2.05) is 12.1 Å². The van der Waals surface area contributed by atoms with Gasteiger partial charge >= 0.3 is 0 Å². The van der Waals surface area contributed by atoms with Crippen LogP contribution in [0.25, 0.3) is 0 Å². The lowest BCUT2D eigenvalue weighted by atomic mass is 9.70. The van der Waals surface area contributed by atoms with Crippen molar-refractivity contribution >= 4 is 0 Å². The molecule has 2 aliphatic rings. The van der Waals surface area contributed by atoms with Crippen molar-refractivity contribution in [3.8, 4) is 5.75 Å². The van der Waals surface area contributed by atoms with Crippen LogP contribution in [-0.4, -0.2) is 13.5 Å². The summed E-state index contributed by atoms with van der Waals surface area (Å²) in [6, 6.07) is 7.81. The van der Waals surface area contributed by atoms with Crippen molar-refractivity contribution in [3.63, 3.8) is 0 Å².